The van der Waals surface area contributed by atoms with E-state index in [2.05, 4.69) is 25.3 Å². The number of sulfone groups is 1. The molecule has 3 nitrogen and oxygen atoms in total. The first kappa shape index (κ1) is 27.2. The average Bonchev–Trinajstić information content (AvgIpc) is 2.87. The summed E-state index contributed by atoms with van der Waals surface area (Å²) in [5.74, 6) is 0. The number of hydrogen-bond donors (Lipinski definition) is 1. The summed E-state index contributed by atoms with van der Waals surface area (Å²) in [4.78, 5) is 3.76. The van der Waals surface area contributed by atoms with Gasteiger partial charge < -0.3 is 5.11 Å². The summed E-state index contributed by atoms with van der Waals surface area (Å²) in [6, 6.07) is 25.7. The van der Waals surface area contributed by atoms with Crippen LogP contribution in [0.4, 0.5) is 0 Å². The van der Waals surface area contributed by atoms with Gasteiger partial charge in [0.05, 0.1) is 20.7 Å². The molecule has 3 rings (SSSR count). The largest absolute Gasteiger partial charge is 0.400 e. The molecule has 0 bridgehead atoms. The molecule has 0 heterocycles. The standard InChI is InChI=1S/C24H21O2S2.C2H6.CH4O/c1-3-11-20(4-2)27(21-12-7-5-8-13-21)22-16-18-24(19-17-22)28(25,26)23-14-9-6-10-15-23;2*1-2/h3-19H,1-2H2;1-2H3;2H,1H3/q+1;;/b20-11+;;. The SMILES string of the molecule is C=C/C=C(\C=C)[S+](c1ccccc1)c1ccc(S(=O)(=O)c2ccccc2)cc1.CC.CO. The Balaban J connectivity index is 0.00000121. The first-order valence-corrected chi connectivity index (χ1v) is 12.9. The van der Waals surface area contributed by atoms with E-state index in [0.29, 0.717) is 4.90 Å². The molecule has 32 heavy (non-hydrogen) atoms. The van der Waals surface area contributed by atoms with Crippen molar-refractivity contribution in [2.24, 2.45) is 0 Å². The van der Waals surface area contributed by atoms with Crippen molar-refractivity contribution in [1.82, 2.24) is 0 Å². The van der Waals surface area contributed by atoms with Crippen molar-refractivity contribution in [3.05, 3.63) is 121 Å². The van der Waals surface area contributed by atoms with Gasteiger partial charge in [0.1, 0.15) is 0 Å². The van der Waals surface area contributed by atoms with Crippen molar-refractivity contribution in [3.63, 3.8) is 0 Å². The van der Waals surface area contributed by atoms with E-state index in [1.165, 1.54) is 0 Å². The lowest BCUT2D eigenvalue weighted by molar-refractivity contribution is 0.399. The highest BCUT2D eigenvalue weighted by atomic mass is 32.2. The topological polar surface area (TPSA) is 54.4 Å². The Bertz CT molecular complexity index is 1090. The molecule has 0 amide bonds. The Morgan fingerprint density at radius 1 is 0.750 bits per heavy atom. The maximum absolute atomic E-state index is 12.8. The Labute approximate surface area is 195 Å². The van der Waals surface area contributed by atoms with E-state index in [9.17, 15) is 8.42 Å². The second kappa shape index (κ2) is 14.2. The number of aliphatic hydroxyl groups is 1. The van der Waals surface area contributed by atoms with Gasteiger partial charge in [0.15, 0.2) is 14.7 Å². The lowest BCUT2D eigenvalue weighted by Crippen LogP contribution is -2.07. The summed E-state index contributed by atoms with van der Waals surface area (Å²) < 4.78 is 25.7. The van der Waals surface area contributed by atoms with Gasteiger partial charge in [-0.2, -0.15) is 0 Å². The van der Waals surface area contributed by atoms with E-state index in [4.69, 9.17) is 5.11 Å². The van der Waals surface area contributed by atoms with Crippen LogP contribution in [0, 0.1) is 0 Å². The fraction of sp³-hybridized carbons (Fsp3) is 0.111. The van der Waals surface area contributed by atoms with Crippen LogP contribution in [0.5, 0.6) is 0 Å². The van der Waals surface area contributed by atoms with E-state index >= 15 is 0 Å². The van der Waals surface area contributed by atoms with Crippen LogP contribution in [-0.4, -0.2) is 20.6 Å². The van der Waals surface area contributed by atoms with Crippen LogP contribution in [-0.2, 0) is 20.7 Å². The third-order valence-corrected chi connectivity index (χ3v) is 8.17. The molecule has 0 aromatic heterocycles. The third-order valence-electron chi connectivity index (χ3n) is 4.12. The number of benzene rings is 3. The molecule has 0 aliphatic carbocycles. The number of rotatable bonds is 7. The van der Waals surface area contributed by atoms with Crippen molar-refractivity contribution < 1.29 is 13.5 Å². The Hall–Kier alpha value is -2.86. The van der Waals surface area contributed by atoms with Crippen LogP contribution < -0.4 is 0 Å². The third kappa shape index (κ3) is 6.82. The fourth-order valence-electron chi connectivity index (χ4n) is 2.79. The highest BCUT2D eigenvalue weighted by Crippen LogP contribution is 2.32. The molecule has 0 saturated heterocycles. The van der Waals surface area contributed by atoms with E-state index in [0.717, 1.165) is 21.8 Å². The number of hydrogen-bond acceptors (Lipinski definition) is 3. The highest BCUT2D eigenvalue weighted by Gasteiger charge is 2.29. The van der Waals surface area contributed by atoms with Crippen molar-refractivity contribution in [1.29, 1.82) is 0 Å². The van der Waals surface area contributed by atoms with Crippen molar-refractivity contribution in [2.75, 3.05) is 7.11 Å². The molecule has 1 unspecified atom stereocenters. The fourth-order valence-corrected chi connectivity index (χ4v) is 6.13. The van der Waals surface area contributed by atoms with Crippen LogP contribution in [0.25, 0.3) is 0 Å². The number of allylic oxidation sites excluding steroid dienone is 3. The van der Waals surface area contributed by atoms with Crippen molar-refractivity contribution in [2.45, 2.75) is 33.4 Å². The van der Waals surface area contributed by atoms with Crippen LogP contribution in [0.3, 0.4) is 0 Å². The molecule has 5 heteroatoms. The summed E-state index contributed by atoms with van der Waals surface area (Å²) in [5.41, 5.74) is 0. The maximum atomic E-state index is 12.8. The van der Waals surface area contributed by atoms with Gasteiger partial charge in [0.25, 0.3) is 0 Å². The van der Waals surface area contributed by atoms with Gasteiger partial charge in [-0.3, -0.25) is 0 Å². The highest BCUT2D eigenvalue weighted by molar-refractivity contribution is 8.00. The lowest BCUT2D eigenvalue weighted by atomic mass is 10.4. The molecule has 0 aliphatic heterocycles. The predicted octanol–water partition coefficient (Wildman–Crippen LogP) is 6.45. The lowest BCUT2D eigenvalue weighted by Gasteiger charge is -2.09. The van der Waals surface area contributed by atoms with Gasteiger partial charge in [-0.25, -0.2) is 8.42 Å². The minimum Gasteiger partial charge on any atom is -0.400 e. The van der Waals surface area contributed by atoms with Gasteiger partial charge in [-0.15, -0.1) is 0 Å². The zero-order chi connectivity index (χ0) is 24.0. The zero-order valence-corrected chi connectivity index (χ0v) is 20.4. The first-order chi connectivity index (χ1) is 15.6. The predicted molar refractivity (Wildman–Crippen MR) is 137 cm³/mol. The maximum Gasteiger partial charge on any atom is 0.206 e. The van der Waals surface area contributed by atoms with E-state index < -0.39 is 20.7 Å². The van der Waals surface area contributed by atoms with Crippen molar-refractivity contribution >= 4 is 20.7 Å². The van der Waals surface area contributed by atoms with E-state index in [1.54, 1.807) is 48.5 Å². The molecule has 168 valence electrons. The van der Waals surface area contributed by atoms with Crippen molar-refractivity contribution in [3.8, 4) is 0 Å². The second-order valence-electron chi connectivity index (χ2n) is 5.92. The van der Waals surface area contributed by atoms with E-state index in [-0.39, 0.29) is 4.90 Å². The molecule has 0 spiro atoms. The minimum absolute atomic E-state index is 0.284. The molecule has 1 N–H and O–H groups in total. The second-order valence-corrected chi connectivity index (χ2v) is 9.89. The summed E-state index contributed by atoms with van der Waals surface area (Å²) in [5, 5.41) is 7.00. The van der Waals surface area contributed by atoms with Gasteiger partial charge in [0.2, 0.25) is 9.84 Å². The summed E-state index contributed by atoms with van der Waals surface area (Å²) in [6.45, 7) is 11.7. The van der Waals surface area contributed by atoms with Crippen LogP contribution in [0.2, 0.25) is 0 Å². The van der Waals surface area contributed by atoms with Gasteiger partial charge in [-0.05, 0) is 60.7 Å². The van der Waals surface area contributed by atoms with Crippen LogP contribution in [0.1, 0.15) is 13.8 Å². The molecular weight excluding hydrogens is 436 g/mol. The molecular formula is C27H31O3S2+. The van der Waals surface area contributed by atoms with Gasteiger partial charge in [0, 0.05) is 7.11 Å². The van der Waals surface area contributed by atoms with Gasteiger partial charge in [-0.1, -0.05) is 69.5 Å². The molecule has 3 aromatic rings. The zero-order valence-electron chi connectivity index (χ0n) is 18.8. The summed E-state index contributed by atoms with van der Waals surface area (Å²) in [6.07, 6.45) is 5.51. The monoisotopic (exact) mass is 467 g/mol. The average molecular weight is 468 g/mol. The molecule has 0 aliphatic rings. The normalized spacial score (nSPS) is 11.7. The molecule has 3 aromatic carbocycles. The van der Waals surface area contributed by atoms with Gasteiger partial charge >= 0.3 is 0 Å². The quantitative estimate of drug-likeness (QED) is 0.321. The molecule has 0 radical (unpaired) electrons. The van der Waals surface area contributed by atoms with Crippen LogP contribution >= 0.6 is 0 Å². The number of aliphatic hydroxyl groups excluding tert-OH is 1. The molecule has 0 fully saturated rings. The summed E-state index contributed by atoms with van der Waals surface area (Å²) in [7, 11) is -2.92. The Morgan fingerprint density at radius 3 is 1.66 bits per heavy atom. The van der Waals surface area contributed by atoms with E-state index in [1.807, 2.05) is 56.3 Å². The minimum atomic E-state index is -3.53. The Kier molecular flexibility index (Phi) is 12.1. The smallest absolute Gasteiger partial charge is 0.206 e. The van der Waals surface area contributed by atoms with Crippen LogP contribution in [0.15, 0.2) is 141 Å². The summed E-state index contributed by atoms with van der Waals surface area (Å²) >= 11 is 0. The Morgan fingerprint density at radius 2 is 1.19 bits per heavy atom. The molecule has 0 saturated carbocycles. The first-order valence-electron chi connectivity index (χ1n) is 10.2. The molecule has 1 atom stereocenters.